The van der Waals surface area contributed by atoms with Gasteiger partial charge in [-0.05, 0) is 32.6 Å². The summed E-state index contributed by atoms with van der Waals surface area (Å²) < 4.78 is 10.4. The molecule has 0 aliphatic carbocycles. The average Bonchev–Trinajstić information content (AvgIpc) is 2.43. The first-order chi connectivity index (χ1) is 9.27. The first-order valence-corrected chi connectivity index (χ1v) is 6.78. The van der Waals surface area contributed by atoms with Crippen LogP contribution in [0.3, 0.4) is 0 Å². The summed E-state index contributed by atoms with van der Waals surface area (Å²) in [4.78, 5) is 2.32. The number of methoxy groups -OCH3 is 2. The minimum Gasteiger partial charge on any atom is -0.496 e. The molecule has 4 heteroatoms. The Kier molecular flexibility index (Phi) is 8.21. The smallest absolute Gasteiger partial charge is 0.123 e. The monoisotopic (exact) mass is 266 g/mol. The summed E-state index contributed by atoms with van der Waals surface area (Å²) in [5.41, 5.74) is 1.24. The predicted molar refractivity (Wildman–Crippen MR) is 78.7 cm³/mol. The van der Waals surface area contributed by atoms with E-state index in [4.69, 9.17) is 9.47 Å². The maximum atomic E-state index is 5.36. The van der Waals surface area contributed by atoms with Gasteiger partial charge in [0.1, 0.15) is 5.75 Å². The molecule has 0 saturated carbocycles. The lowest BCUT2D eigenvalue weighted by Crippen LogP contribution is -2.25. The normalized spacial score (nSPS) is 10.9. The van der Waals surface area contributed by atoms with Crippen molar-refractivity contribution in [2.24, 2.45) is 0 Å². The Hall–Kier alpha value is -1.10. The Labute approximate surface area is 116 Å². The van der Waals surface area contributed by atoms with E-state index in [1.807, 2.05) is 12.1 Å². The predicted octanol–water partition coefficient (Wildman–Crippen LogP) is 1.75. The van der Waals surface area contributed by atoms with Crippen molar-refractivity contribution in [3.63, 3.8) is 0 Å². The fraction of sp³-hybridized carbons (Fsp3) is 0.600. The van der Waals surface area contributed by atoms with Crippen LogP contribution in [0, 0.1) is 0 Å². The van der Waals surface area contributed by atoms with Crippen LogP contribution in [0.4, 0.5) is 0 Å². The molecule has 0 radical (unpaired) electrons. The van der Waals surface area contributed by atoms with Crippen LogP contribution in [0.25, 0.3) is 0 Å². The van der Waals surface area contributed by atoms with Crippen molar-refractivity contribution in [3.8, 4) is 5.75 Å². The molecule has 1 aromatic rings. The van der Waals surface area contributed by atoms with Gasteiger partial charge >= 0.3 is 0 Å². The molecule has 0 heterocycles. The molecule has 1 N–H and O–H groups in total. The molecule has 0 amide bonds. The molecule has 4 nitrogen and oxygen atoms in total. The molecule has 0 spiro atoms. The van der Waals surface area contributed by atoms with Gasteiger partial charge < -0.3 is 19.7 Å². The molecule has 0 unspecified atom stereocenters. The van der Waals surface area contributed by atoms with Crippen LogP contribution >= 0.6 is 0 Å². The van der Waals surface area contributed by atoms with Gasteiger partial charge in [-0.1, -0.05) is 18.2 Å². The second-order valence-electron chi connectivity index (χ2n) is 4.65. The molecule has 0 atom stereocenters. The third kappa shape index (κ3) is 6.57. The van der Waals surface area contributed by atoms with Gasteiger partial charge in [0.25, 0.3) is 0 Å². The lowest BCUT2D eigenvalue weighted by molar-refractivity contribution is 0.198. The topological polar surface area (TPSA) is 33.7 Å². The van der Waals surface area contributed by atoms with Crippen LogP contribution in [0.5, 0.6) is 5.75 Å². The zero-order chi connectivity index (χ0) is 13.9. The van der Waals surface area contributed by atoms with Crippen molar-refractivity contribution < 1.29 is 9.47 Å². The molecule has 0 aliphatic heterocycles. The number of benzene rings is 1. The van der Waals surface area contributed by atoms with E-state index in [1.165, 1.54) is 5.56 Å². The molecule has 0 saturated heterocycles. The number of hydrogen-bond acceptors (Lipinski definition) is 4. The summed E-state index contributed by atoms with van der Waals surface area (Å²) in [7, 11) is 5.59. The van der Waals surface area contributed by atoms with E-state index in [1.54, 1.807) is 14.2 Å². The van der Waals surface area contributed by atoms with Crippen LogP contribution in [-0.4, -0.2) is 52.4 Å². The summed E-state index contributed by atoms with van der Waals surface area (Å²) in [5.74, 6) is 0.965. The van der Waals surface area contributed by atoms with Gasteiger partial charge in [0.2, 0.25) is 0 Å². The quantitative estimate of drug-likeness (QED) is 0.654. The maximum absolute atomic E-state index is 5.36. The summed E-state index contributed by atoms with van der Waals surface area (Å²) in [6, 6.07) is 8.18. The lowest BCUT2D eigenvalue weighted by Gasteiger charge is -2.18. The van der Waals surface area contributed by atoms with Crippen molar-refractivity contribution in [1.82, 2.24) is 10.2 Å². The number of nitrogens with one attached hydrogen (secondary N) is 1. The number of para-hydroxylation sites is 1. The molecule has 108 valence electrons. The van der Waals surface area contributed by atoms with Crippen LogP contribution in [0.15, 0.2) is 24.3 Å². The molecule has 19 heavy (non-hydrogen) atoms. The third-order valence-electron chi connectivity index (χ3n) is 3.01. The largest absolute Gasteiger partial charge is 0.496 e. The molecular weight excluding hydrogens is 240 g/mol. The molecule has 0 aromatic heterocycles. The lowest BCUT2D eigenvalue weighted by atomic mass is 10.2. The van der Waals surface area contributed by atoms with Crippen LogP contribution in [0.2, 0.25) is 0 Å². The Morgan fingerprint density at radius 2 is 1.95 bits per heavy atom. The highest BCUT2D eigenvalue weighted by Gasteiger charge is 2.05. The number of nitrogens with zero attached hydrogens (tertiary/aromatic N) is 1. The standard InChI is InChI=1S/C15H26N2O2/c1-17(11-6-9-16-10-12-18-2)13-14-7-4-5-8-15(14)19-3/h4-5,7-8,16H,6,9-13H2,1-3H3. The van der Waals surface area contributed by atoms with Gasteiger partial charge in [-0.15, -0.1) is 0 Å². The minimum atomic E-state index is 0.775. The van der Waals surface area contributed by atoms with E-state index in [0.717, 1.165) is 45.0 Å². The first kappa shape index (κ1) is 16.0. The van der Waals surface area contributed by atoms with E-state index < -0.39 is 0 Å². The Morgan fingerprint density at radius 1 is 1.16 bits per heavy atom. The van der Waals surface area contributed by atoms with Gasteiger partial charge in [0.05, 0.1) is 13.7 Å². The van der Waals surface area contributed by atoms with Crippen molar-refractivity contribution in [3.05, 3.63) is 29.8 Å². The zero-order valence-electron chi connectivity index (χ0n) is 12.3. The van der Waals surface area contributed by atoms with Crippen LogP contribution in [0.1, 0.15) is 12.0 Å². The third-order valence-corrected chi connectivity index (χ3v) is 3.01. The fourth-order valence-electron chi connectivity index (χ4n) is 1.98. The molecule has 1 rings (SSSR count). The van der Waals surface area contributed by atoms with Crippen molar-refractivity contribution in [1.29, 1.82) is 0 Å². The van der Waals surface area contributed by atoms with Gasteiger partial charge in [-0.25, -0.2) is 0 Å². The fourth-order valence-corrected chi connectivity index (χ4v) is 1.98. The summed E-state index contributed by atoms with van der Waals surface area (Å²) in [5, 5.41) is 3.35. The first-order valence-electron chi connectivity index (χ1n) is 6.78. The van der Waals surface area contributed by atoms with Gasteiger partial charge in [-0.3, -0.25) is 0 Å². The average molecular weight is 266 g/mol. The summed E-state index contributed by atoms with van der Waals surface area (Å²) >= 11 is 0. The molecule has 1 aromatic carbocycles. The highest BCUT2D eigenvalue weighted by Crippen LogP contribution is 2.18. The van der Waals surface area contributed by atoms with Gasteiger partial charge in [0.15, 0.2) is 0 Å². The minimum absolute atomic E-state index is 0.775. The van der Waals surface area contributed by atoms with Crippen molar-refractivity contribution in [2.75, 3.05) is 47.5 Å². The maximum Gasteiger partial charge on any atom is 0.123 e. The number of ether oxygens (including phenoxy) is 2. The van der Waals surface area contributed by atoms with Crippen molar-refractivity contribution >= 4 is 0 Å². The van der Waals surface area contributed by atoms with E-state index in [9.17, 15) is 0 Å². The summed E-state index contributed by atoms with van der Waals surface area (Å²) in [6.07, 6.45) is 1.13. The second-order valence-corrected chi connectivity index (χ2v) is 4.65. The highest BCUT2D eigenvalue weighted by atomic mass is 16.5. The molecule has 0 bridgehead atoms. The van der Waals surface area contributed by atoms with E-state index >= 15 is 0 Å². The van der Waals surface area contributed by atoms with E-state index in [-0.39, 0.29) is 0 Å². The van der Waals surface area contributed by atoms with Gasteiger partial charge in [-0.2, -0.15) is 0 Å². The number of hydrogen-bond donors (Lipinski definition) is 1. The van der Waals surface area contributed by atoms with E-state index in [0.29, 0.717) is 0 Å². The molecular formula is C15H26N2O2. The Bertz CT molecular complexity index is 345. The SMILES string of the molecule is COCCNCCCN(C)Cc1ccccc1OC. The zero-order valence-corrected chi connectivity index (χ0v) is 12.3. The summed E-state index contributed by atoms with van der Waals surface area (Å²) in [6.45, 7) is 4.71. The Morgan fingerprint density at radius 3 is 2.68 bits per heavy atom. The highest BCUT2D eigenvalue weighted by molar-refractivity contribution is 5.32. The molecule has 0 fully saturated rings. The number of rotatable bonds is 10. The van der Waals surface area contributed by atoms with E-state index in [2.05, 4.69) is 29.4 Å². The Balaban J connectivity index is 2.21. The van der Waals surface area contributed by atoms with Crippen LogP contribution < -0.4 is 10.1 Å². The molecule has 0 aliphatic rings. The second kappa shape index (κ2) is 9.78. The van der Waals surface area contributed by atoms with Gasteiger partial charge in [0, 0.05) is 25.8 Å². The van der Waals surface area contributed by atoms with Crippen molar-refractivity contribution in [2.45, 2.75) is 13.0 Å². The van der Waals surface area contributed by atoms with Crippen LogP contribution in [-0.2, 0) is 11.3 Å².